The Morgan fingerprint density at radius 1 is 1.12 bits per heavy atom. The standard InChI is InChI=1S/C27H32N8O6/c1-27(2,3)41-26(39)30-19(11-12-22(36)40-16-17-8-5-4-6-9-17)25(38)35-20(14-18-10-7-13-28-23(18)35)24(37)29-15-21-31-33-34-32-21/h4-10,13,19-20H,11-12,14-16H2,1-3H3,(H,29,37)(H,30,39)(H,31,32,33,34)/t19-,20-/m0/s1. The average molecular weight is 565 g/mol. The zero-order valence-electron chi connectivity index (χ0n) is 23.0. The van der Waals surface area contributed by atoms with Crippen molar-refractivity contribution in [2.45, 2.75) is 70.9 Å². The van der Waals surface area contributed by atoms with Crippen LogP contribution in [0.25, 0.3) is 0 Å². The van der Waals surface area contributed by atoms with Gasteiger partial charge in [-0.1, -0.05) is 41.6 Å². The van der Waals surface area contributed by atoms with E-state index >= 15 is 0 Å². The SMILES string of the molecule is CC(C)(C)OC(=O)N[C@@H](CCC(=O)OCc1ccccc1)C(=O)N1c2ncccc2C[C@H]1C(=O)NCc1nn[nH]n1. The van der Waals surface area contributed by atoms with E-state index in [2.05, 4.69) is 36.2 Å². The van der Waals surface area contributed by atoms with Crippen LogP contribution in [0.2, 0.25) is 0 Å². The van der Waals surface area contributed by atoms with Gasteiger partial charge in [0.1, 0.15) is 30.1 Å². The first-order chi connectivity index (χ1) is 19.6. The molecule has 3 amide bonds. The van der Waals surface area contributed by atoms with Crippen molar-refractivity contribution >= 4 is 29.7 Å². The Balaban J connectivity index is 1.51. The molecule has 3 aromatic rings. The van der Waals surface area contributed by atoms with Gasteiger partial charge in [0.2, 0.25) is 5.91 Å². The van der Waals surface area contributed by atoms with E-state index in [1.54, 1.807) is 32.9 Å². The number of rotatable bonds is 10. The summed E-state index contributed by atoms with van der Waals surface area (Å²) in [5, 5.41) is 18.7. The summed E-state index contributed by atoms with van der Waals surface area (Å²) in [6.07, 6.45) is 0.603. The van der Waals surface area contributed by atoms with Gasteiger partial charge in [-0.2, -0.15) is 5.21 Å². The van der Waals surface area contributed by atoms with Gasteiger partial charge in [-0.25, -0.2) is 9.78 Å². The van der Waals surface area contributed by atoms with Gasteiger partial charge in [0.05, 0.1) is 6.54 Å². The van der Waals surface area contributed by atoms with E-state index in [4.69, 9.17) is 9.47 Å². The van der Waals surface area contributed by atoms with Gasteiger partial charge in [0.15, 0.2) is 5.82 Å². The monoisotopic (exact) mass is 564 g/mol. The van der Waals surface area contributed by atoms with Crippen LogP contribution in [0.1, 0.15) is 50.6 Å². The number of H-pyrrole nitrogens is 1. The molecule has 41 heavy (non-hydrogen) atoms. The lowest BCUT2D eigenvalue weighted by atomic mass is 10.1. The van der Waals surface area contributed by atoms with Crippen molar-refractivity contribution in [2.24, 2.45) is 0 Å². The molecule has 0 unspecified atom stereocenters. The van der Waals surface area contributed by atoms with Gasteiger partial charge in [-0.15, -0.1) is 10.2 Å². The number of amides is 3. The summed E-state index contributed by atoms with van der Waals surface area (Å²) in [6, 6.07) is 10.5. The molecule has 1 aromatic carbocycles. The van der Waals surface area contributed by atoms with E-state index in [-0.39, 0.29) is 38.2 Å². The second-order valence-corrected chi connectivity index (χ2v) is 10.3. The number of nitrogens with zero attached hydrogens (tertiary/aromatic N) is 5. The molecule has 4 rings (SSSR count). The predicted octanol–water partition coefficient (Wildman–Crippen LogP) is 1.59. The maximum Gasteiger partial charge on any atom is 0.408 e. The summed E-state index contributed by atoms with van der Waals surface area (Å²) in [7, 11) is 0. The highest BCUT2D eigenvalue weighted by Gasteiger charge is 2.42. The molecule has 3 N–H and O–H groups in total. The van der Waals surface area contributed by atoms with Gasteiger partial charge >= 0.3 is 12.1 Å². The number of nitrogens with one attached hydrogen (secondary N) is 3. The molecule has 3 heterocycles. The first kappa shape index (κ1) is 29.1. The molecule has 0 aliphatic carbocycles. The van der Waals surface area contributed by atoms with Crippen molar-refractivity contribution in [1.82, 2.24) is 36.2 Å². The molecule has 0 fully saturated rings. The van der Waals surface area contributed by atoms with E-state index in [1.807, 2.05) is 30.3 Å². The average Bonchev–Trinajstić information content (AvgIpc) is 3.60. The van der Waals surface area contributed by atoms with Crippen LogP contribution in [0, 0.1) is 0 Å². The summed E-state index contributed by atoms with van der Waals surface area (Å²) >= 11 is 0. The van der Waals surface area contributed by atoms with Crippen molar-refractivity contribution in [3.05, 3.63) is 65.6 Å². The van der Waals surface area contributed by atoms with Gasteiger partial charge < -0.3 is 20.1 Å². The van der Waals surface area contributed by atoms with Gasteiger partial charge in [-0.3, -0.25) is 19.3 Å². The number of hydrogen-bond acceptors (Lipinski definition) is 10. The first-order valence-electron chi connectivity index (χ1n) is 13.1. The highest BCUT2D eigenvalue weighted by Crippen LogP contribution is 2.31. The summed E-state index contributed by atoms with van der Waals surface area (Å²) in [5.41, 5.74) is 0.666. The number of pyridine rings is 1. The second-order valence-electron chi connectivity index (χ2n) is 10.3. The molecule has 14 nitrogen and oxygen atoms in total. The number of esters is 1. The first-order valence-corrected chi connectivity index (χ1v) is 13.1. The minimum Gasteiger partial charge on any atom is -0.461 e. The fourth-order valence-electron chi connectivity index (χ4n) is 4.21. The number of carbonyl (C=O) groups is 4. The zero-order valence-corrected chi connectivity index (χ0v) is 23.0. The third-order valence-corrected chi connectivity index (χ3v) is 6.04. The van der Waals surface area contributed by atoms with Crippen LogP contribution in [-0.2, 0) is 43.4 Å². The van der Waals surface area contributed by atoms with E-state index in [0.29, 0.717) is 11.4 Å². The lowest BCUT2D eigenvalue weighted by Gasteiger charge is -2.29. The Labute approximate surface area is 236 Å². The number of aromatic amines is 1. The Hall–Kier alpha value is -4.88. The van der Waals surface area contributed by atoms with E-state index in [1.165, 1.54) is 11.1 Å². The van der Waals surface area contributed by atoms with Crippen molar-refractivity contribution in [3.8, 4) is 0 Å². The van der Waals surface area contributed by atoms with Gasteiger partial charge in [-0.05, 0) is 44.4 Å². The smallest absolute Gasteiger partial charge is 0.408 e. The molecule has 1 aliphatic rings. The topological polar surface area (TPSA) is 181 Å². The van der Waals surface area contributed by atoms with Crippen LogP contribution in [0.5, 0.6) is 0 Å². The minimum absolute atomic E-state index is 0.00944. The fourth-order valence-corrected chi connectivity index (χ4v) is 4.21. The quantitative estimate of drug-likeness (QED) is 0.306. The normalized spacial score (nSPS) is 15.0. The number of ether oxygens (including phenoxy) is 2. The minimum atomic E-state index is -1.21. The Morgan fingerprint density at radius 3 is 2.61 bits per heavy atom. The molecule has 1 aliphatic heterocycles. The molecular weight excluding hydrogens is 532 g/mol. The number of benzene rings is 1. The molecule has 14 heteroatoms. The maximum absolute atomic E-state index is 14.0. The Bertz CT molecular complexity index is 1360. The molecular formula is C27H32N8O6. The number of aromatic nitrogens is 5. The third kappa shape index (κ3) is 8.06. The summed E-state index contributed by atoms with van der Waals surface area (Å²) in [5.74, 6) is -1.08. The third-order valence-electron chi connectivity index (χ3n) is 6.04. The molecule has 0 bridgehead atoms. The van der Waals surface area contributed by atoms with Gasteiger partial charge in [0, 0.05) is 19.0 Å². The highest BCUT2D eigenvalue weighted by atomic mass is 16.6. The maximum atomic E-state index is 14.0. The van der Waals surface area contributed by atoms with Crippen molar-refractivity contribution in [2.75, 3.05) is 4.90 Å². The molecule has 0 saturated heterocycles. The number of anilines is 1. The van der Waals surface area contributed by atoms with Crippen molar-refractivity contribution in [3.63, 3.8) is 0 Å². The van der Waals surface area contributed by atoms with Crippen molar-refractivity contribution in [1.29, 1.82) is 0 Å². The molecule has 2 aromatic heterocycles. The lowest BCUT2D eigenvalue weighted by molar-refractivity contribution is -0.145. The van der Waals surface area contributed by atoms with Crippen LogP contribution >= 0.6 is 0 Å². The molecule has 216 valence electrons. The fraction of sp³-hybridized carbons (Fsp3) is 0.407. The van der Waals surface area contributed by atoms with Crippen LogP contribution in [0.4, 0.5) is 10.6 Å². The largest absolute Gasteiger partial charge is 0.461 e. The van der Waals surface area contributed by atoms with Crippen molar-refractivity contribution < 1.29 is 28.7 Å². The number of tetrazole rings is 1. The van der Waals surface area contributed by atoms with Crippen LogP contribution < -0.4 is 15.5 Å². The summed E-state index contributed by atoms with van der Waals surface area (Å²) in [4.78, 5) is 58.1. The van der Waals surface area contributed by atoms with Crippen LogP contribution in [-0.4, -0.2) is 67.2 Å². The predicted molar refractivity (Wildman–Crippen MR) is 144 cm³/mol. The molecule has 2 atom stereocenters. The number of alkyl carbamates (subject to hydrolysis) is 1. The zero-order chi connectivity index (χ0) is 29.4. The molecule has 0 spiro atoms. The number of fused-ring (bicyclic) bond motifs is 1. The van der Waals surface area contributed by atoms with Gasteiger partial charge in [0.25, 0.3) is 5.91 Å². The number of hydrogen-bond donors (Lipinski definition) is 3. The molecule has 0 saturated carbocycles. The van der Waals surface area contributed by atoms with E-state index < -0.39 is 41.6 Å². The highest BCUT2D eigenvalue weighted by molar-refractivity contribution is 6.05. The van der Waals surface area contributed by atoms with E-state index in [0.717, 1.165) is 5.56 Å². The Morgan fingerprint density at radius 2 is 1.90 bits per heavy atom. The Kier molecular flexibility index (Phi) is 9.22. The lowest BCUT2D eigenvalue weighted by Crippen LogP contribution is -2.55. The summed E-state index contributed by atoms with van der Waals surface area (Å²) < 4.78 is 10.7. The molecule has 0 radical (unpaired) electrons. The number of carbonyl (C=O) groups excluding carboxylic acids is 4. The van der Waals surface area contributed by atoms with E-state index in [9.17, 15) is 19.2 Å². The summed E-state index contributed by atoms with van der Waals surface area (Å²) in [6.45, 7) is 5.13. The van der Waals surface area contributed by atoms with Crippen LogP contribution in [0.3, 0.4) is 0 Å². The second kappa shape index (κ2) is 13.0. The van der Waals surface area contributed by atoms with Crippen LogP contribution in [0.15, 0.2) is 48.7 Å².